The molecule has 0 aromatic heterocycles. The molecule has 2 unspecified atom stereocenters. The van der Waals surface area contributed by atoms with Gasteiger partial charge in [-0.1, -0.05) is 6.07 Å². The van der Waals surface area contributed by atoms with Crippen molar-refractivity contribution in [2.24, 2.45) is 0 Å². The highest BCUT2D eigenvalue weighted by Gasteiger charge is 2.22. The second kappa shape index (κ2) is 6.57. The zero-order chi connectivity index (χ0) is 13.8. The van der Waals surface area contributed by atoms with E-state index in [1.54, 1.807) is 7.11 Å². The van der Waals surface area contributed by atoms with Crippen LogP contribution in [-0.4, -0.2) is 39.6 Å². The second-order valence-electron chi connectivity index (χ2n) is 5.49. The predicted octanol–water partition coefficient (Wildman–Crippen LogP) is 2.08. The highest BCUT2D eigenvalue weighted by atomic mass is 16.6. The van der Waals surface area contributed by atoms with Gasteiger partial charge in [0.15, 0.2) is 0 Å². The first kappa shape index (κ1) is 13.9. The minimum atomic E-state index is 0.187. The second-order valence-corrected chi connectivity index (χ2v) is 5.49. The number of methoxy groups -OCH3 is 1. The summed E-state index contributed by atoms with van der Waals surface area (Å²) in [6.45, 7) is 3.00. The molecule has 1 heterocycles. The van der Waals surface area contributed by atoms with Crippen LogP contribution in [0.15, 0.2) is 18.2 Å². The van der Waals surface area contributed by atoms with Gasteiger partial charge in [-0.25, -0.2) is 0 Å². The number of hydrogen-bond donors (Lipinski definition) is 1. The molecular formula is C16H23NO3. The number of fused-ring (bicyclic) bond motifs is 1. The third-order valence-electron chi connectivity index (χ3n) is 4.14. The van der Waals surface area contributed by atoms with E-state index in [2.05, 4.69) is 23.5 Å². The lowest BCUT2D eigenvalue weighted by molar-refractivity contribution is -0.0872. The van der Waals surface area contributed by atoms with Gasteiger partial charge in [-0.05, 0) is 42.5 Å². The van der Waals surface area contributed by atoms with Crippen LogP contribution >= 0.6 is 0 Å². The maximum Gasteiger partial charge on any atom is 0.119 e. The van der Waals surface area contributed by atoms with Crippen LogP contribution in [-0.2, 0) is 15.9 Å². The molecule has 0 saturated carbocycles. The number of nitrogens with one attached hydrogen (secondary N) is 1. The number of rotatable bonds is 4. The molecule has 1 aromatic carbocycles. The third kappa shape index (κ3) is 3.14. The Bertz CT molecular complexity index is 443. The first-order chi connectivity index (χ1) is 9.86. The molecule has 1 aliphatic heterocycles. The summed E-state index contributed by atoms with van der Waals surface area (Å²) < 4.78 is 16.4. The van der Waals surface area contributed by atoms with Crippen molar-refractivity contribution in [1.29, 1.82) is 0 Å². The Labute approximate surface area is 120 Å². The quantitative estimate of drug-likeness (QED) is 0.914. The fourth-order valence-corrected chi connectivity index (χ4v) is 3.06. The standard InChI is InChI=1S/C16H23NO3/c1-18-13-5-6-15-12(9-13)3-2-4-16(15)17-10-14-11-19-7-8-20-14/h5-6,9,14,16-17H,2-4,7-8,10-11H2,1H3. The van der Waals surface area contributed by atoms with E-state index in [0.29, 0.717) is 19.3 Å². The van der Waals surface area contributed by atoms with Crippen molar-refractivity contribution in [2.45, 2.75) is 31.4 Å². The van der Waals surface area contributed by atoms with E-state index in [9.17, 15) is 0 Å². The summed E-state index contributed by atoms with van der Waals surface area (Å²) in [6, 6.07) is 6.85. The van der Waals surface area contributed by atoms with Gasteiger partial charge in [-0.15, -0.1) is 0 Å². The molecule has 1 aromatic rings. The van der Waals surface area contributed by atoms with Crippen molar-refractivity contribution < 1.29 is 14.2 Å². The fraction of sp³-hybridized carbons (Fsp3) is 0.625. The first-order valence-corrected chi connectivity index (χ1v) is 7.46. The van der Waals surface area contributed by atoms with E-state index >= 15 is 0 Å². The van der Waals surface area contributed by atoms with Crippen LogP contribution < -0.4 is 10.1 Å². The zero-order valence-electron chi connectivity index (χ0n) is 12.1. The van der Waals surface area contributed by atoms with Gasteiger partial charge >= 0.3 is 0 Å². The maximum absolute atomic E-state index is 5.69. The van der Waals surface area contributed by atoms with Crippen molar-refractivity contribution in [3.05, 3.63) is 29.3 Å². The molecule has 4 heteroatoms. The smallest absolute Gasteiger partial charge is 0.119 e. The number of aryl methyl sites for hydroxylation is 1. The summed E-state index contributed by atoms with van der Waals surface area (Å²) in [5.41, 5.74) is 2.82. The van der Waals surface area contributed by atoms with Crippen molar-refractivity contribution >= 4 is 0 Å². The van der Waals surface area contributed by atoms with Crippen LogP contribution in [0.4, 0.5) is 0 Å². The van der Waals surface area contributed by atoms with Gasteiger partial charge in [0.05, 0.1) is 33.0 Å². The summed E-state index contributed by atoms with van der Waals surface area (Å²) in [4.78, 5) is 0. The summed E-state index contributed by atoms with van der Waals surface area (Å²) >= 11 is 0. The number of ether oxygens (including phenoxy) is 3. The normalized spacial score (nSPS) is 26.1. The van der Waals surface area contributed by atoms with E-state index in [1.165, 1.54) is 24.0 Å². The highest BCUT2D eigenvalue weighted by Crippen LogP contribution is 2.32. The highest BCUT2D eigenvalue weighted by molar-refractivity contribution is 5.39. The van der Waals surface area contributed by atoms with Crippen LogP contribution in [0.3, 0.4) is 0 Å². The lowest BCUT2D eigenvalue weighted by Crippen LogP contribution is -2.39. The van der Waals surface area contributed by atoms with Gasteiger partial charge in [0, 0.05) is 12.6 Å². The molecule has 1 fully saturated rings. The number of benzene rings is 1. The van der Waals surface area contributed by atoms with E-state index in [0.717, 1.165) is 25.3 Å². The summed E-state index contributed by atoms with van der Waals surface area (Å²) in [6.07, 6.45) is 3.74. The van der Waals surface area contributed by atoms with Crippen LogP contribution in [0.2, 0.25) is 0 Å². The van der Waals surface area contributed by atoms with Gasteiger partial charge in [0.25, 0.3) is 0 Å². The van der Waals surface area contributed by atoms with E-state index in [-0.39, 0.29) is 6.10 Å². The SMILES string of the molecule is COc1ccc2c(c1)CCCC2NCC1COCCO1. The van der Waals surface area contributed by atoms with Crippen LogP contribution in [0.5, 0.6) is 5.75 Å². The molecule has 4 nitrogen and oxygen atoms in total. The molecule has 110 valence electrons. The van der Waals surface area contributed by atoms with Crippen molar-refractivity contribution in [3.8, 4) is 5.75 Å². The van der Waals surface area contributed by atoms with E-state index < -0.39 is 0 Å². The Morgan fingerprint density at radius 3 is 3.10 bits per heavy atom. The van der Waals surface area contributed by atoms with Crippen molar-refractivity contribution in [1.82, 2.24) is 5.32 Å². The predicted molar refractivity (Wildman–Crippen MR) is 77.2 cm³/mol. The Balaban J connectivity index is 1.63. The van der Waals surface area contributed by atoms with Crippen LogP contribution in [0, 0.1) is 0 Å². The average Bonchev–Trinajstić information content (AvgIpc) is 2.53. The summed E-state index contributed by atoms with van der Waals surface area (Å²) in [7, 11) is 1.72. The largest absolute Gasteiger partial charge is 0.497 e. The van der Waals surface area contributed by atoms with E-state index in [4.69, 9.17) is 14.2 Å². The maximum atomic E-state index is 5.69. The minimum Gasteiger partial charge on any atom is -0.497 e. The van der Waals surface area contributed by atoms with Gasteiger partial charge in [0.2, 0.25) is 0 Å². The molecule has 2 aliphatic rings. The Hall–Kier alpha value is -1.10. The van der Waals surface area contributed by atoms with Crippen molar-refractivity contribution in [2.75, 3.05) is 33.5 Å². The molecule has 20 heavy (non-hydrogen) atoms. The molecule has 0 spiro atoms. The van der Waals surface area contributed by atoms with Gasteiger partial charge in [-0.2, -0.15) is 0 Å². The lowest BCUT2D eigenvalue weighted by atomic mass is 9.87. The van der Waals surface area contributed by atoms with E-state index in [1.807, 2.05) is 0 Å². The summed E-state index contributed by atoms with van der Waals surface area (Å²) in [5, 5.41) is 3.64. The Kier molecular flexibility index (Phi) is 4.55. The topological polar surface area (TPSA) is 39.7 Å². The average molecular weight is 277 g/mol. The van der Waals surface area contributed by atoms with Gasteiger partial charge in [0.1, 0.15) is 5.75 Å². The van der Waals surface area contributed by atoms with Crippen LogP contribution in [0.25, 0.3) is 0 Å². The zero-order valence-corrected chi connectivity index (χ0v) is 12.1. The van der Waals surface area contributed by atoms with Gasteiger partial charge < -0.3 is 19.5 Å². The molecule has 0 bridgehead atoms. The Morgan fingerprint density at radius 2 is 2.30 bits per heavy atom. The molecule has 0 amide bonds. The Morgan fingerprint density at radius 1 is 1.35 bits per heavy atom. The third-order valence-corrected chi connectivity index (χ3v) is 4.14. The molecular weight excluding hydrogens is 254 g/mol. The molecule has 2 atom stereocenters. The van der Waals surface area contributed by atoms with Crippen LogP contribution in [0.1, 0.15) is 30.0 Å². The molecule has 1 saturated heterocycles. The fourth-order valence-electron chi connectivity index (χ4n) is 3.06. The molecule has 0 radical (unpaired) electrons. The minimum absolute atomic E-state index is 0.187. The number of hydrogen-bond acceptors (Lipinski definition) is 4. The first-order valence-electron chi connectivity index (χ1n) is 7.46. The lowest BCUT2D eigenvalue weighted by Gasteiger charge is -2.30. The van der Waals surface area contributed by atoms with Crippen molar-refractivity contribution in [3.63, 3.8) is 0 Å². The molecule has 3 rings (SSSR count). The van der Waals surface area contributed by atoms with Gasteiger partial charge in [-0.3, -0.25) is 0 Å². The summed E-state index contributed by atoms with van der Waals surface area (Å²) in [5.74, 6) is 0.952. The molecule has 1 N–H and O–H groups in total. The molecule has 1 aliphatic carbocycles. The monoisotopic (exact) mass is 277 g/mol.